The van der Waals surface area contributed by atoms with Gasteiger partial charge in [0.1, 0.15) is 11.4 Å². The van der Waals surface area contributed by atoms with Crippen molar-refractivity contribution < 1.29 is 5.11 Å². The lowest BCUT2D eigenvalue weighted by Gasteiger charge is -2.05. The molecule has 0 atom stereocenters. The summed E-state index contributed by atoms with van der Waals surface area (Å²) in [6, 6.07) is 8.88. The van der Waals surface area contributed by atoms with Crippen LogP contribution in [0.25, 0.3) is 32.2 Å². The van der Waals surface area contributed by atoms with Gasteiger partial charge in [0.05, 0.1) is 15.1 Å². The Balaban J connectivity index is 1.98. The molecule has 0 aliphatic carbocycles. The molecule has 3 heterocycles. The number of hydrogen-bond donors (Lipinski definition) is 2. The fraction of sp³-hybridized carbons (Fsp3) is 0. The van der Waals surface area contributed by atoms with Gasteiger partial charge in [-0.15, -0.1) is 11.3 Å². The molecule has 0 radical (unpaired) electrons. The third-order valence-corrected chi connectivity index (χ3v) is 4.91. The highest BCUT2D eigenvalue weighted by Gasteiger charge is 2.14. The average Bonchev–Trinajstić information content (AvgIpc) is 3.14. The van der Waals surface area contributed by atoms with E-state index in [1.165, 1.54) is 11.3 Å². The predicted molar refractivity (Wildman–Crippen MR) is 90.0 cm³/mol. The summed E-state index contributed by atoms with van der Waals surface area (Å²) in [5.41, 5.74) is 8.21. The van der Waals surface area contributed by atoms with Crippen molar-refractivity contribution in [3.05, 3.63) is 41.9 Å². The molecule has 0 fully saturated rings. The van der Waals surface area contributed by atoms with Crippen molar-refractivity contribution >= 4 is 38.0 Å². The van der Waals surface area contributed by atoms with Crippen LogP contribution in [0.1, 0.15) is 0 Å². The molecular formula is C15H10N4OS2. The fourth-order valence-electron chi connectivity index (χ4n) is 2.20. The molecule has 0 aliphatic heterocycles. The summed E-state index contributed by atoms with van der Waals surface area (Å²) in [4.78, 5) is 14.3. The fourth-order valence-corrected chi connectivity index (χ4v) is 3.78. The van der Waals surface area contributed by atoms with E-state index in [4.69, 9.17) is 5.73 Å². The molecule has 5 nitrogen and oxygen atoms in total. The van der Waals surface area contributed by atoms with E-state index in [1.54, 1.807) is 35.7 Å². The number of hydrogen-bond acceptors (Lipinski definition) is 7. The molecule has 4 aromatic rings. The van der Waals surface area contributed by atoms with Crippen LogP contribution in [-0.2, 0) is 0 Å². The molecule has 4 rings (SSSR count). The molecule has 7 heteroatoms. The summed E-state index contributed by atoms with van der Waals surface area (Å²) >= 11 is 2.99. The van der Waals surface area contributed by atoms with Crippen LogP contribution >= 0.6 is 22.7 Å². The largest absolute Gasteiger partial charge is 0.508 e. The molecule has 0 saturated heterocycles. The van der Waals surface area contributed by atoms with E-state index in [0.29, 0.717) is 11.0 Å². The molecule has 0 amide bonds. The van der Waals surface area contributed by atoms with E-state index in [2.05, 4.69) is 15.0 Å². The summed E-state index contributed by atoms with van der Waals surface area (Å²) < 4.78 is 1.01. The van der Waals surface area contributed by atoms with Crippen molar-refractivity contribution in [3.8, 4) is 27.7 Å². The monoisotopic (exact) mass is 326 g/mol. The summed E-state index contributed by atoms with van der Waals surface area (Å²) in [6.07, 6.45) is 1.73. The lowest BCUT2D eigenvalue weighted by Crippen LogP contribution is -1.92. The van der Waals surface area contributed by atoms with Crippen LogP contribution < -0.4 is 5.73 Å². The molecule has 108 valence electrons. The van der Waals surface area contributed by atoms with Gasteiger partial charge in [-0.25, -0.2) is 15.0 Å². The Morgan fingerprint density at radius 1 is 1.14 bits per heavy atom. The van der Waals surface area contributed by atoms with Crippen LogP contribution in [0.2, 0.25) is 0 Å². The van der Waals surface area contributed by atoms with Gasteiger partial charge in [-0.1, -0.05) is 23.5 Å². The molecule has 0 unspecified atom stereocenters. The lowest BCUT2D eigenvalue weighted by molar-refractivity contribution is 0.475. The number of nitrogen functional groups attached to an aromatic ring is 1. The summed E-state index contributed by atoms with van der Waals surface area (Å²) in [7, 11) is 0. The molecule has 0 saturated carbocycles. The number of benzene rings is 1. The maximum absolute atomic E-state index is 9.66. The average molecular weight is 326 g/mol. The van der Waals surface area contributed by atoms with Gasteiger partial charge in [-0.2, -0.15) is 0 Å². The number of anilines is 1. The standard InChI is InChI=1S/C15H10N4OS2/c16-15-17-7-11(22-15)12-13-10(4-5-21-13)18-14(19-12)8-2-1-3-9(20)6-8/h1-7,20H,(H2,16,17). The maximum Gasteiger partial charge on any atom is 0.180 e. The number of thiophene rings is 1. The summed E-state index contributed by atoms with van der Waals surface area (Å²) in [6.45, 7) is 0. The number of phenols is 1. The van der Waals surface area contributed by atoms with Gasteiger partial charge in [0, 0.05) is 11.8 Å². The second kappa shape index (κ2) is 5.04. The van der Waals surface area contributed by atoms with Crippen molar-refractivity contribution in [1.29, 1.82) is 0 Å². The highest BCUT2D eigenvalue weighted by Crippen LogP contribution is 2.35. The predicted octanol–water partition coefficient (Wildman–Crippen LogP) is 3.77. The topological polar surface area (TPSA) is 84.9 Å². The Kier molecular flexibility index (Phi) is 3.02. The van der Waals surface area contributed by atoms with Gasteiger partial charge in [0.2, 0.25) is 0 Å². The van der Waals surface area contributed by atoms with Crippen LogP contribution in [0.15, 0.2) is 41.9 Å². The Hall–Kier alpha value is -2.51. The van der Waals surface area contributed by atoms with E-state index in [-0.39, 0.29) is 5.75 Å². The molecule has 0 aliphatic rings. The number of phenolic OH excluding ortho intramolecular Hbond substituents is 1. The van der Waals surface area contributed by atoms with Crippen molar-refractivity contribution in [2.75, 3.05) is 5.73 Å². The maximum atomic E-state index is 9.66. The number of fused-ring (bicyclic) bond motifs is 1. The van der Waals surface area contributed by atoms with Crippen molar-refractivity contribution in [3.63, 3.8) is 0 Å². The second-order valence-corrected chi connectivity index (χ2v) is 6.62. The Bertz CT molecular complexity index is 977. The Labute approximate surface area is 133 Å². The zero-order valence-corrected chi connectivity index (χ0v) is 12.9. The van der Waals surface area contributed by atoms with Gasteiger partial charge in [-0.3, -0.25) is 0 Å². The second-order valence-electron chi connectivity index (χ2n) is 4.64. The molecule has 3 N–H and O–H groups in total. The highest BCUT2D eigenvalue weighted by atomic mass is 32.1. The number of thiazole rings is 1. The first-order chi connectivity index (χ1) is 10.7. The van der Waals surface area contributed by atoms with Crippen LogP contribution in [0.4, 0.5) is 5.13 Å². The third-order valence-electron chi connectivity index (χ3n) is 3.16. The number of nitrogens with zero attached hydrogens (tertiary/aromatic N) is 3. The minimum atomic E-state index is 0.190. The molecular weight excluding hydrogens is 316 g/mol. The van der Waals surface area contributed by atoms with E-state index in [0.717, 1.165) is 26.4 Å². The van der Waals surface area contributed by atoms with E-state index >= 15 is 0 Å². The number of rotatable bonds is 2. The molecule has 1 aromatic carbocycles. The first-order valence-corrected chi connectivity index (χ1v) is 8.16. The van der Waals surface area contributed by atoms with Crippen LogP contribution in [-0.4, -0.2) is 20.1 Å². The minimum absolute atomic E-state index is 0.190. The Morgan fingerprint density at radius 3 is 2.82 bits per heavy atom. The van der Waals surface area contributed by atoms with Gasteiger partial charge in [-0.05, 0) is 23.6 Å². The zero-order chi connectivity index (χ0) is 15.1. The van der Waals surface area contributed by atoms with E-state index in [9.17, 15) is 5.11 Å². The van der Waals surface area contributed by atoms with Gasteiger partial charge in [0.15, 0.2) is 11.0 Å². The molecule has 22 heavy (non-hydrogen) atoms. The van der Waals surface area contributed by atoms with Gasteiger partial charge in [0.25, 0.3) is 0 Å². The summed E-state index contributed by atoms with van der Waals surface area (Å²) in [5, 5.41) is 12.2. The van der Waals surface area contributed by atoms with E-state index in [1.807, 2.05) is 17.5 Å². The van der Waals surface area contributed by atoms with Crippen molar-refractivity contribution in [1.82, 2.24) is 15.0 Å². The zero-order valence-electron chi connectivity index (χ0n) is 11.2. The van der Waals surface area contributed by atoms with Crippen molar-refractivity contribution in [2.24, 2.45) is 0 Å². The Morgan fingerprint density at radius 2 is 2.05 bits per heavy atom. The normalized spacial score (nSPS) is 11.1. The van der Waals surface area contributed by atoms with Crippen molar-refractivity contribution in [2.45, 2.75) is 0 Å². The lowest BCUT2D eigenvalue weighted by atomic mass is 10.2. The first kappa shape index (κ1) is 13.2. The number of aromatic nitrogens is 3. The third kappa shape index (κ3) is 2.20. The minimum Gasteiger partial charge on any atom is -0.508 e. The molecule has 0 bridgehead atoms. The SMILES string of the molecule is Nc1ncc(-c2nc(-c3cccc(O)c3)nc3ccsc23)s1. The van der Waals surface area contributed by atoms with Crippen LogP contribution in [0, 0.1) is 0 Å². The number of aromatic hydroxyl groups is 1. The summed E-state index contributed by atoms with van der Waals surface area (Å²) in [5.74, 6) is 0.763. The number of nitrogens with two attached hydrogens (primary N) is 1. The van der Waals surface area contributed by atoms with Crippen LogP contribution in [0.3, 0.4) is 0 Å². The first-order valence-electron chi connectivity index (χ1n) is 6.47. The van der Waals surface area contributed by atoms with Gasteiger partial charge < -0.3 is 10.8 Å². The van der Waals surface area contributed by atoms with Gasteiger partial charge >= 0.3 is 0 Å². The highest BCUT2D eigenvalue weighted by molar-refractivity contribution is 7.20. The molecule has 3 aromatic heterocycles. The quantitative estimate of drug-likeness (QED) is 0.586. The van der Waals surface area contributed by atoms with E-state index < -0.39 is 0 Å². The smallest absolute Gasteiger partial charge is 0.180 e. The van der Waals surface area contributed by atoms with Crippen LogP contribution in [0.5, 0.6) is 5.75 Å². The molecule has 0 spiro atoms.